The van der Waals surface area contributed by atoms with E-state index in [9.17, 15) is 8.78 Å². The van der Waals surface area contributed by atoms with Gasteiger partial charge in [0, 0.05) is 10.0 Å². The number of aryl methyl sites for hydroxylation is 1. The number of hydrogen-bond acceptors (Lipinski definition) is 2. The first-order valence-corrected chi connectivity index (χ1v) is 6.97. The predicted octanol–water partition coefficient (Wildman–Crippen LogP) is 3.78. The molecule has 1 atom stereocenters. The van der Waals surface area contributed by atoms with Gasteiger partial charge in [0.2, 0.25) is 0 Å². The van der Waals surface area contributed by atoms with Crippen molar-refractivity contribution in [1.82, 2.24) is 5.43 Å². The molecule has 1 unspecified atom stereocenters. The molecule has 0 aliphatic heterocycles. The summed E-state index contributed by atoms with van der Waals surface area (Å²) in [6.07, 6.45) is 0.474. The predicted molar refractivity (Wildman–Crippen MR) is 79.0 cm³/mol. The molecule has 0 saturated carbocycles. The normalized spacial score (nSPS) is 12.4. The molecule has 0 spiro atoms. The molecule has 0 aromatic heterocycles. The third kappa shape index (κ3) is 3.23. The van der Waals surface area contributed by atoms with Crippen LogP contribution in [-0.2, 0) is 6.42 Å². The van der Waals surface area contributed by atoms with Crippen molar-refractivity contribution in [2.24, 2.45) is 5.84 Å². The van der Waals surface area contributed by atoms with Gasteiger partial charge >= 0.3 is 0 Å². The van der Waals surface area contributed by atoms with Crippen molar-refractivity contribution in [2.75, 3.05) is 0 Å². The van der Waals surface area contributed by atoms with E-state index in [0.29, 0.717) is 16.5 Å². The van der Waals surface area contributed by atoms with Crippen LogP contribution in [0.4, 0.5) is 8.78 Å². The zero-order valence-electron chi connectivity index (χ0n) is 11.0. The second kappa shape index (κ2) is 6.43. The Balaban J connectivity index is 2.34. The van der Waals surface area contributed by atoms with Crippen molar-refractivity contribution in [2.45, 2.75) is 19.4 Å². The second-order valence-corrected chi connectivity index (χ2v) is 5.48. The number of benzene rings is 2. The number of nitrogens with two attached hydrogens (primary N) is 1. The lowest BCUT2D eigenvalue weighted by Crippen LogP contribution is -2.30. The summed E-state index contributed by atoms with van der Waals surface area (Å²) in [5.41, 5.74) is 4.84. The van der Waals surface area contributed by atoms with Crippen molar-refractivity contribution in [3.63, 3.8) is 0 Å². The largest absolute Gasteiger partial charge is 0.271 e. The van der Waals surface area contributed by atoms with Crippen LogP contribution in [0, 0.1) is 18.6 Å². The number of halogens is 3. The average molecular weight is 341 g/mol. The van der Waals surface area contributed by atoms with E-state index in [0.717, 1.165) is 11.1 Å². The number of hydrogen-bond donors (Lipinski definition) is 2. The number of hydrazine groups is 1. The van der Waals surface area contributed by atoms with Gasteiger partial charge in [0.25, 0.3) is 0 Å². The summed E-state index contributed by atoms with van der Waals surface area (Å²) in [6.45, 7) is 1.82. The van der Waals surface area contributed by atoms with Crippen LogP contribution in [0.1, 0.15) is 22.7 Å². The van der Waals surface area contributed by atoms with E-state index in [1.165, 1.54) is 18.2 Å². The highest BCUT2D eigenvalue weighted by Gasteiger charge is 2.18. The van der Waals surface area contributed by atoms with E-state index in [1.54, 1.807) is 18.2 Å². The van der Waals surface area contributed by atoms with E-state index >= 15 is 0 Å². The molecule has 20 heavy (non-hydrogen) atoms. The van der Waals surface area contributed by atoms with Gasteiger partial charge in [-0.05, 0) is 48.7 Å². The van der Waals surface area contributed by atoms with Crippen LogP contribution in [0.5, 0.6) is 0 Å². The molecule has 0 fully saturated rings. The van der Waals surface area contributed by atoms with Gasteiger partial charge in [-0.3, -0.25) is 11.3 Å². The standard InChI is InChI=1S/C15H15BrF2N2/c1-9-7-11(17)6-5-10(9)8-14(20-19)15-12(16)3-2-4-13(15)18/h2-7,14,20H,8,19H2,1H3. The van der Waals surface area contributed by atoms with Crippen molar-refractivity contribution in [3.05, 3.63) is 69.2 Å². The summed E-state index contributed by atoms with van der Waals surface area (Å²) in [6, 6.07) is 8.94. The summed E-state index contributed by atoms with van der Waals surface area (Å²) < 4.78 is 27.7. The van der Waals surface area contributed by atoms with Crippen LogP contribution < -0.4 is 11.3 Å². The zero-order valence-corrected chi connectivity index (χ0v) is 12.5. The van der Waals surface area contributed by atoms with Gasteiger partial charge in [-0.2, -0.15) is 0 Å². The van der Waals surface area contributed by atoms with Crippen LogP contribution in [0.3, 0.4) is 0 Å². The maximum Gasteiger partial charge on any atom is 0.129 e. The van der Waals surface area contributed by atoms with E-state index in [2.05, 4.69) is 21.4 Å². The van der Waals surface area contributed by atoms with Gasteiger partial charge in [-0.1, -0.05) is 28.1 Å². The van der Waals surface area contributed by atoms with Crippen LogP contribution in [0.15, 0.2) is 40.9 Å². The van der Waals surface area contributed by atoms with Crippen LogP contribution in [0.2, 0.25) is 0 Å². The van der Waals surface area contributed by atoms with Gasteiger partial charge in [-0.15, -0.1) is 0 Å². The number of nitrogens with one attached hydrogen (secondary N) is 1. The maximum atomic E-state index is 14.0. The molecule has 0 saturated heterocycles. The highest BCUT2D eigenvalue weighted by Crippen LogP contribution is 2.29. The first-order chi connectivity index (χ1) is 9.52. The SMILES string of the molecule is Cc1cc(F)ccc1CC(NN)c1c(F)cccc1Br. The van der Waals surface area contributed by atoms with Crippen molar-refractivity contribution >= 4 is 15.9 Å². The highest BCUT2D eigenvalue weighted by atomic mass is 79.9. The van der Waals surface area contributed by atoms with E-state index in [1.807, 2.05) is 6.92 Å². The molecule has 5 heteroatoms. The smallest absolute Gasteiger partial charge is 0.129 e. The van der Waals surface area contributed by atoms with E-state index in [4.69, 9.17) is 5.84 Å². The Morgan fingerprint density at radius 2 is 2.00 bits per heavy atom. The lowest BCUT2D eigenvalue weighted by molar-refractivity contribution is 0.507. The summed E-state index contributed by atoms with van der Waals surface area (Å²) in [5.74, 6) is 4.95. The molecule has 0 radical (unpaired) electrons. The topological polar surface area (TPSA) is 38.0 Å². The molecule has 0 heterocycles. The summed E-state index contributed by atoms with van der Waals surface area (Å²) >= 11 is 3.34. The summed E-state index contributed by atoms with van der Waals surface area (Å²) in [4.78, 5) is 0. The van der Waals surface area contributed by atoms with E-state index < -0.39 is 6.04 Å². The minimum absolute atomic E-state index is 0.282. The van der Waals surface area contributed by atoms with Crippen molar-refractivity contribution in [3.8, 4) is 0 Å². The Labute approximate surface area is 125 Å². The molecular weight excluding hydrogens is 326 g/mol. The third-order valence-electron chi connectivity index (χ3n) is 3.28. The molecule has 0 amide bonds. The molecule has 2 rings (SSSR count). The Kier molecular flexibility index (Phi) is 4.86. The fourth-order valence-electron chi connectivity index (χ4n) is 2.20. The molecule has 106 valence electrons. The lowest BCUT2D eigenvalue weighted by atomic mass is 9.96. The fraction of sp³-hybridized carbons (Fsp3) is 0.200. The van der Waals surface area contributed by atoms with Crippen LogP contribution >= 0.6 is 15.9 Å². The van der Waals surface area contributed by atoms with Gasteiger partial charge in [-0.25, -0.2) is 8.78 Å². The summed E-state index contributed by atoms with van der Waals surface area (Å²) in [7, 11) is 0. The van der Waals surface area contributed by atoms with Gasteiger partial charge in [0.05, 0.1) is 6.04 Å². The molecular formula is C15H15BrF2N2. The molecule has 3 N–H and O–H groups in total. The summed E-state index contributed by atoms with van der Waals surface area (Å²) in [5, 5.41) is 0. The Morgan fingerprint density at radius 3 is 2.60 bits per heavy atom. The van der Waals surface area contributed by atoms with Gasteiger partial charge < -0.3 is 0 Å². The average Bonchev–Trinajstić information content (AvgIpc) is 2.39. The Hall–Kier alpha value is -1.30. The molecule has 0 aliphatic carbocycles. The van der Waals surface area contributed by atoms with Crippen LogP contribution in [-0.4, -0.2) is 0 Å². The Bertz CT molecular complexity index is 597. The minimum Gasteiger partial charge on any atom is -0.271 e. The maximum absolute atomic E-state index is 14.0. The van der Waals surface area contributed by atoms with Crippen LogP contribution in [0.25, 0.3) is 0 Å². The van der Waals surface area contributed by atoms with Crippen molar-refractivity contribution < 1.29 is 8.78 Å². The molecule has 2 aromatic rings. The molecule has 0 aliphatic rings. The minimum atomic E-state index is -0.394. The van der Waals surface area contributed by atoms with Gasteiger partial charge in [0.1, 0.15) is 11.6 Å². The molecule has 2 aromatic carbocycles. The first kappa shape index (κ1) is 15.1. The molecule has 2 nitrogen and oxygen atoms in total. The van der Waals surface area contributed by atoms with Crippen molar-refractivity contribution in [1.29, 1.82) is 0 Å². The fourth-order valence-corrected chi connectivity index (χ4v) is 2.81. The Morgan fingerprint density at radius 1 is 1.25 bits per heavy atom. The quantitative estimate of drug-likeness (QED) is 0.656. The van der Waals surface area contributed by atoms with E-state index in [-0.39, 0.29) is 11.6 Å². The highest BCUT2D eigenvalue weighted by molar-refractivity contribution is 9.10. The number of rotatable bonds is 4. The lowest BCUT2D eigenvalue weighted by Gasteiger charge is -2.19. The monoisotopic (exact) mass is 340 g/mol. The third-order valence-corrected chi connectivity index (χ3v) is 3.97. The first-order valence-electron chi connectivity index (χ1n) is 6.18. The second-order valence-electron chi connectivity index (χ2n) is 4.63. The zero-order chi connectivity index (χ0) is 14.7. The van der Waals surface area contributed by atoms with Gasteiger partial charge in [0.15, 0.2) is 0 Å². The molecule has 0 bridgehead atoms.